The molecule has 1 saturated carbocycles. The van der Waals surface area contributed by atoms with Crippen LogP contribution in [0.1, 0.15) is 58.8 Å². The summed E-state index contributed by atoms with van der Waals surface area (Å²) in [6, 6.07) is 0.0439. The number of rotatable bonds is 3. The van der Waals surface area contributed by atoms with Gasteiger partial charge in [-0.05, 0) is 25.2 Å². The van der Waals surface area contributed by atoms with Crippen LogP contribution in [0.4, 0.5) is 0 Å². The van der Waals surface area contributed by atoms with E-state index in [1.54, 1.807) is 0 Å². The van der Waals surface area contributed by atoms with Gasteiger partial charge in [0.1, 0.15) is 6.04 Å². The molecule has 1 N–H and O–H groups in total. The summed E-state index contributed by atoms with van der Waals surface area (Å²) >= 11 is 0. The van der Waals surface area contributed by atoms with Crippen LogP contribution < -0.4 is 5.32 Å². The van der Waals surface area contributed by atoms with Gasteiger partial charge in [-0.3, -0.25) is 9.59 Å². The minimum atomic E-state index is -0.311. The Kier molecular flexibility index (Phi) is 4.83. The van der Waals surface area contributed by atoms with Crippen LogP contribution in [0.2, 0.25) is 0 Å². The molecule has 0 aromatic carbocycles. The number of carbonyl (C=O) groups is 2. The Labute approximate surface area is 115 Å². The lowest BCUT2D eigenvalue weighted by molar-refractivity contribution is -0.137. The summed E-state index contributed by atoms with van der Waals surface area (Å²) in [7, 11) is 0. The molecule has 0 radical (unpaired) electrons. The second-order valence-corrected chi connectivity index (χ2v) is 5.83. The third-order valence-corrected chi connectivity index (χ3v) is 4.70. The van der Waals surface area contributed by atoms with Crippen LogP contribution in [-0.2, 0) is 9.59 Å². The first-order valence-corrected chi connectivity index (χ1v) is 7.77. The van der Waals surface area contributed by atoms with E-state index in [-0.39, 0.29) is 17.9 Å². The fourth-order valence-electron chi connectivity index (χ4n) is 3.54. The molecule has 1 aliphatic heterocycles. The van der Waals surface area contributed by atoms with Crippen molar-refractivity contribution >= 4 is 11.8 Å². The van der Waals surface area contributed by atoms with Crippen LogP contribution >= 0.6 is 0 Å². The number of nitrogens with one attached hydrogen (secondary N) is 1. The lowest BCUT2D eigenvalue weighted by Gasteiger charge is -2.40. The molecule has 0 aromatic rings. The molecule has 19 heavy (non-hydrogen) atoms. The maximum atomic E-state index is 12.6. The molecule has 0 aromatic heterocycles. The number of nitrogens with zero attached hydrogens (tertiary/aromatic N) is 1. The van der Waals surface area contributed by atoms with Gasteiger partial charge in [-0.25, -0.2) is 0 Å². The molecule has 1 saturated heterocycles. The average Bonchev–Trinajstić information content (AvgIpc) is 2.58. The molecular weight excluding hydrogens is 240 g/mol. The quantitative estimate of drug-likeness (QED) is 0.850. The van der Waals surface area contributed by atoms with E-state index in [0.29, 0.717) is 31.3 Å². The van der Waals surface area contributed by atoms with Crippen LogP contribution in [0.3, 0.4) is 0 Å². The fraction of sp³-hybridized carbons (Fsp3) is 0.867. The van der Waals surface area contributed by atoms with E-state index in [2.05, 4.69) is 12.2 Å². The summed E-state index contributed by atoms with van der Waals surface area (Å²) in [5.41, 5.74) is 0. The van der Waals surface area contributed by atoms with Crippen LogP contribution in [-0.4, -0.2) is 35.3 Å². The molecular formula is C15H26N2O2. The monoisotopic (exact) mass is 266 g/mol. The van der Waals surface area contributed by atoms with Gasteiger partial charge < -0.3 is 10.2 Å². The van der Waals surface area contributed by atoms with Crippen LogP contribution in [0.15, 0.2) is 0 Å². The van der Waals surface area contributed by atoms with Gasteiger partial charge in [-0.1, -0.05) is 33.1 Å². The second kappa shape index (κ2) is 6.40. The van der Waals surface area contributed by atoms with Crippen molar-refractivity contribution in [2.45, 2.75) is 70.9 Å². The predicted molar refractivity (Wildman–Crippen MR) is 74.6 cm³/mol. The van der Waals surface area contributed by atoms with Gasteiger partial charge in [0.05, 0.1) is 0 Å². The summed E-state index contributed by atoms with van der Waals surface area (Å²) < 4.78 is 0. The van der Waals surface area contributed by atoms with Crippen LogP contribution in [0.25, 0.3) is 0 Å². The Hall–Kier alpha value is -1.06. The Balaban J connectivity index is 2.15. The molecule has 1 heterocycles. The van der Waals surface area contributed by atoms with Crippen molar-refractivity contribution in [3.8, 4) is 0 Å². The van der Waals surface area contributed by atoms with Crippen molar-refractivity contribution in [2.75, 3.05) is 6.54 Å². The zero-order chi connectivity index (χ0) is 13.8. The van der Waals surface area contributed by atoms with Gasteiger partial charge in [0.25, 0.3) is 0 Å². The maximum absolute atomic E-state index is 12.6. The fourth-order valence-corrected chi connectivity index (χ4v) is 3.54. The molecule has 4 nitrogen and oxygen atoms in total. The van der Waals surface area contributed by atoms with E-state index in [9.17, 15) is 9.59 Å². The number of hydrogen-bond donors (Lipinski definition) is 1. The van der Waals surface area contributed by atoms with Crippen molar-refractivity contribution < 1.29 is 9.59 Å². The highest BCUT2D eigenvalue weighted by Crippen LogP contribution is 2.31. The van der Waals surface area contributed by atoms with Gasteiger partial charge in [-0.15, -0.1) is 0 Å². The SMILES string of the molecule is CCC1NC(=O)CCN(C2CCCCC2CC)C1=O. The molecule has 1 aliphatic carbocycles. The Morgan fingerprint density at radius 2 is 1.89 bits per heavy atom. The topological polar surface area (TPSA) is 49.4 Å². The summed E-state index contributed by atoms with van der Waals surface area (Å²) in [4.78, 5) is 26.3. The third-order valence-electron chi connectivity index (χ3n) is 4.70. The molecule has 2 fully saturated rings. The van der Waals surface area contributed by atoms with Gasteiger partial charge in [0.15, 0.2) is 0 Å². The molecule has 2 rings (SSSR count). The van der Waals surface area contributed by atoms with E-state index >= 15 is 0 Å². The summed E-state index contributed by atoms with van der Waals surface area (Å²) in [5, 5.41) is 2.85. The largest absolute Gasteiger partial charge is 0.344 e. The van der Waals surface area contributed by atoms with E-state index in [0.717, 1.165) is 12.8 Å². The molecule has 2 aliphatic rings. The van der Waals surface area contributed by atoms with Gasteiger partial charge in [0.2, 0.25) is 11.8 Å². The Bertz CT molecular complexity index is 343. The molecule has 108 valence electrons. The lowest BCUT2D eigenvalue weighted by atomic mass is 9.81. The Morgan fingerprint density at radius 1 is 1.16 bits per heavy atom. The van der Waals surface area contributed by atoms with Gasteiger partial charge in [-0.2, -0.15) is 0 Å². The molecule has 3 unspecified atom stereocenters. The second-order valence-electron chi connectivity index (χ2n) is 5.83. The van der Waals surface area contributed by atoms with Crippen molar-refractivity contribution in [3.63, 3.8) is 0 Å². The molecule has 3 atom stereocenters. The lowest BCUT2D eigenvalue weighted by Crippen LogP contribution is -2.51. The molecule has 0 bridgehead atoms. The summed E-state index contributed by atoms with van der Waals surface area (Å²) in [6.07, 6.45) is 7.10. The first-order valence-electron chi connectivity index (χ1n) is 7.77. The van der Waals surface area contributed by atoms with Gasteiger partial charge in [0, 0.05) is 19.0 Å². The smallest absolute Gasteiger partial charge is 0.245 e. The first kappa shape index (κ1) is 14.4. The van der Waals surface area contributed by atoms with E-state index in [4.69, 9.17) is 0 Å². The summed E-state index contributed by atoms with van der Waals surface area (Å²) in [6.45, 7) is 4.78. The maximum Gasteiger partial charge on any atom is 0.245 e. The van der Waals surface area contributed by atoms with E-state index in [1.807, 2.05) is 11.8 Å². The normalized spacial score (nSPS) is 32.9. The van der Waals surface area contributed by atoms with Crippen molar-refractivity contribution in [2.24, 2.45) is 5.92 Å². The highest BCUT2D eigenvalue weighted by atomic mass is 16.2. The number of hydrogen-bond acceptors (Lipinski definition) is 2. The molecule has 0 spiro atoms. The Morgan fingerprint density at radius 3 is 2.58 bits per heavy atom. The highest BCUT2D eigenvalue weighted by Gasteiger charge is 2.36. The predicted octanol–water partition coefficient (Wildman–Crippen LogP) is 2.08. The van der Waals surface area contributed by atoms with Crippen molar-refractivity contribution in [1.29, 1.82) is 0 Å². The highest BCUT2D eigenvalue weighted by molar-refractivity contribution is 5.90. The van der Waals surface area contributed by atoms with E-state index in [1.165, 1.54) is 19.3 Å². The zero-order valence-corrected chi connectivity index (χ0v) is 12.2. The average molecular weight is 266 g/mol. The van der Waals surface area contributed by atoms with Gasteiger partial charge >= 0.3 is 0 Å². The minimum Gasteiger partial charge on any atom is -0.344 e. The number of amides is 2. The number of carbonyl (C=O) groups excluding carboxylic acids is 2. The van der Waals surface area contributed by atoms with Crippen molar-refractivity contribution in [1.82, 2.24) is 10.2 Å². The third kappa shape index (κ3) is 3.10. The zero-order valence-electron chi connectivity index (χ0n) is 12.2. The minimum absolute atomic E-state index is 0.0200. The molecule has 2 amide bonds. The standard InChI is InChI=1S/C15H26N2O2/c1-3-11-7-5-6-8-13(11)17-10-9-14(18)16-12(4-2)15(17)19/h11-13H,3-10H2,1-2H3,(H,16,18). The van der Waals surface area contributed by atoms with Crippen molar-refractivity contribution in [3.05, 3.63) is 0 Å². The first-order chi connectivity index (χ1) is 9.17. The van der Waals surface area contributed by atoms with Crippen LogP contribution in [0, 0.1) is 5.92 Å². The summed E-state index contributed by atoms with van der Waals surface area (Å²) in [5.74, 6) is 0.772. The molecule has 4 heteroatoms. The van der Waals surface area contributed by atoms with E-state index < -0.39 is 0 Å². The van der Waals surface area contributed by atoms with Crippen LogP contribution in [0.5, 0.6) is 0 Å².